The maximum Gasteiger partial charge on any atom is 0.300 e. The number of hydrogen-bond donors (Lipinski definition) is 1. The molecule has 0 bridgehead atoms. The summed E-state index contributed by atoms with van der Waals surface area (Å²) in [5.41, 5.74) is 2.94. The van der Waals surface area contributed by atoms with Crippen molar-refractivity contribution in [3.05, 3.63) is 101 Å². The minimum Gasteiger partial charge on any atom is -0.507 e. The van der Waals surface area contributed by atoms with Gasteiger partial charge in [0.2, 0.25) is 0 Å². The van der Waals surface area contributed by atoms with E-state index in [9.17, 15) is 14.7 Å². The Bertz CT molecular complexity index is 1300. The molecule has 3 aromatic rings. The average Bonchev–Trinajstić information content (AvgIpc) is 3.09. The smallest absolute Gasteiger partial charge is 0.300 e. The minimum absolute atomic E-state index is 0.00334. The van der Waals surface area contributed by atoms with Crippen LogP contribution in [0.3, 0.4) is 0 Å². The molecule has 164 valence electrons. The molecular formula is C27H22N2O4. The number of rotatable bonds is 5. The number of carbonyl (C=O) groups is 2. The SMILES string of the molecule is CCOc1cccc(/C(O)=C2/C(=O)C(=O)N(c3ccc(C#N)cc3)C2c2cccc(C)c2)c1. The Morgan fingerprint density at radius 1 is 1.06 bits per heavy atom. The van der Waals surface area contributed by atoms with Gasteiger partial charge in [0, 0.05) is 11.3 Å². The van der Waals surface area contributed by atoms with Crippen LogP contribution in [0.15, 0.2) is 78.4 Å². The van der Waals surface area contributed by atoms with Crippen LogP contribution < -0.4 is 9.64 Å². The number of ketones is 1. The first-order valence-electron chi connectivity index (χ1n) is 10.6. The molecule has 0 spiro atoms. The molecule has 0 radical (unpaired) electrons. The van der Waals surface area contributed by atoms with Gasteiger partial charge in [-0.1, -0.05) is 42.0 Å². The van der Waals surface area contributed by atoms with Crippen molar-refractivity contribution < 1.29 is 19.4 Å². The molecular weight excluding hydrogens is 416 g/mol. The van der Waals surface area contributed by atoms with Crippen LogP contribution in [0.4, 0.5) is 5.69 Å². The van der Waals surface area contributed by atoms with E-state index in [4.69, 9.17) is 10.00 Å². The number of benzene rings is 3. The van der Waals surface area contributed by atoms with E-state index in [0.717, 1.165) is 5.56 Å². The molecule has 1 unspecified atom stereocenters. The van der Waals surface area contributed by atoms with Gasteiger partial charge in [-0.3, -0.25) is 14.5 Å². The molecule has 3 aromatic carbocycles. The first kappa shape index (κ1) is 21.8. The fourth-order valence-electron chi connectivity index (χ4n) is 4.01. The Hall–Kier alpha value is -4.37. The molecule has 0 aliphatic carbocycles. The summed E-state index contributed by atoms with van der Waals surface area (Å²) in [6.07, 6.45) is 0. The van der Waals surface area contributed by atoms with Gasteiger partial charge in [-0.05, 0) is 55.8 Å². The van der Waals surface area contributed by atoms with E-state index < -0.39 is 17.7 Å². The van der Waals surface area contributed by atoms with E-state index in [1.54, 1.807) is 48.5 Å². The summed E-state index contributed by atoms with van der Waals surface area (Å²) in [7, 11) is 0. The summed E-state index contributed by atoms with van der Waals surface area (Å²) < 4.78 is 5.52. The number of nitrogens with zero attached hydrogens (tertiary/aromatic N) is 2. The molecule has 6 heteroatoms. The van der Waals surface area contributed by atoms with Gasteiger partial charge in [-0.2, -0.15) is 5.26 Å². The molecule has 0 aromatic heterocycles. The second-order valence-electron chi connectivity index (χ2n) is 7.70. The summed E-state index contributed by atoms with van der Waals surface area (Å²) in [4.78, 5) is 27.8. The minimum atomic E-state index is -0.825. The van der Waals surface area contributed by atoms with Crippen LogP contribution in [0, 0.1) is 18.3 Å². The van der Waals surface area contributed by atoms with Gasteiger partial charge in [-0.15, -0.1) is 0 Å². The second kappa shape index (κ2) is 9.01. The van der Waals surface area contributed by atoms with Crippen LogP contribution in [0.2, 0.25) is 0 Å². The average molecular weight is 438 g/mol. The predicted octanol–water partition coefficient (Wildman–Crippen LogP) is 4.89. The summed E-state index contributed by atoms with van der Waals surface area (Å²) in [6.45, 7) is 4.23. The molecule has 1 atom stereocenters. The molecule has 1 N–H and O–H groups in total. The first-order chi connectivity index (χ1) is 15.9. The number of amides is 1. The molecule has 1 saturated heterocycles. The highest BCUT2D eigenvalue weighted by Gasteiger charge is 2.47. The second-order valence-corrected chi connectivity index (χ2v) is 7.70. The number of anilines is 1. The molecule has 1 aliphatic rings. The summed E-state index contributed by atoms with van der Waals surface area (Å²) >= 11 is 0. The lowest BCUT2D eigenvalue weighted by Crippen LogP contribution is -2.29. The van der Waals surface area contributed by atoms with E-state index in [1.807, 2.05) is 44.2 Å². The molecule has 1 amide bonds. The number of aliphatic hydroxyl groups excluding tert-OH is 1. The van der Waals surface area contributed by atoms with Crippen LogP contribution >= 0.6 is 0 Å². The summed E-state index contributed by atoms with van der Waals surface area (Å²) in [5, 5.41) is 20.3. The predicted molar refractivity (Wildman–Crippen MR) is 125 cm³/mol. The Morgan fingerprint density at radius 2 is 1.79 bits per heavy atom. The normalized spacial score (nSPS) is 17.1. The van der Waals surface area contributed by atoms with Crippen LogP contribution in [0.25, 0.3) is 5.76 Å². The van der Waals surface area contributed by atoms with Crippen molar-refractivity contribution in [3.8, 4) is 11.8 Å². The van der Waals surface area contributed by atoms with Crippen molar-refractivity contribution in [2.45, 2.75) is 19.9 Å². The highest BCUT2D eigenvalue weighted by atomic mass is 16.5. The van der Waals surface area contributed by atoms with Gasteiger partial charge in [0.05, 0.1) is 29.9 Å². The zero-order chi connectivity index (χ0) is 23.5. The van der Waals surface area contributed by atoms with Gasteiger partial charge in [0.25, 0.3) is 11.7 Å². The number of nitriles is 1. The summed E-state index contributed by atoms with van der Waals surface area (Å²) in [6, 6.07) is 21.9. The molecule has 6 nitrogen and oxygen atoms in total. The van der Waals surface area contributed by atoms with Crippen molar-refractivity contribution in [3.63, 3.8) is 0 Å². The highest BCUT2D eigenvalue weighted by Crippen LogP contribution is 2.42. The Morgan fingerprint density at radius 3 is 2.45 bits per heavy atom. The standard InChI is InChI=1S/C27H22N2O4/c1-3-33-22-9-5-8-20(15-22)25(30)23-24(19-7-4-6-17(2)14-19)29(27(32)26(23)31)21-12-10-18(16-28)11-13-21/h4-15,24,30H,3H2,1-2H3/b25-23-. The molecule has 4 rings (SSSR count). The monoisotopic (exact) mass is 438 g/mol. The van der Waals surface area contributed by atoms with Crippen molar-refractivity contribution in [2.75, 3.05) is 11.5 Å². The Kier molecular flexibility index (Phi) is 5.97. The van der Waals surface area contributed by atoms with Gasteiger partial charge in [-0.25, -0.2) is 0 Å². The highest BCUT2D eigenvalue weighted by molar-refractivity contribution is 6.51. The number of hydrogen-bond acceptors (Lipinski definition) is 5. The van der Waals surface area contributed by atoms with Crippen LogP contribution in [-0.4, -0.2) is 23.4 Å². The van der Waals surface area contributed by atoms with E-state index >= 15 is 0 Å². The molecule has 0 saturated carbocycles. The van der Waals surface area contributed by atoms with Crippen LogP contribution in [0.1, 0.15) is 35.2 Å². The Balaban J connectivity index is 1.92. The third-order valence-electron chi connectivity index (χ3n) is 5.50. The van der Waals surface area contributed by atoms with E-state index in [2.05, 4.69) is 0 Å². The van der Waals surface area contributed by atoms with E-state index in [1.165, 1.54) is 4.90 Å². The number of aryl methyl sites for hydroxylation is 1. The zero-order valence-corrected chi connectivity index (χ0v) is 18.3. The third kappa shape index (κ3) is 4.09. The molecule has 1 aliphatic heterocycles. The first-order valence-corrected chi connectivity index (χ1v) is 10.6. The van der Waals surface area contributed by atoms with E-state index in [-0.39, 0.29) is 11.3 Å². The van der Waals surface area contributed by atoms with E-state index in [0.29, 0.717) is 34.7 Å². The lowest BCUT2D eigenvalue weighted by molar-refractivity contribution is -0.132. The largest absolute Gasteiger partial charge is 0.507 e. The van der Waals surface area contributed by atoms with Crippen LogP contribution in [-0.2, 0) is 9.59 Å². The molecule has 33 heavy (non-hydrogen) atoms. The van der Waals surface area contributed by atoms with Crippen molar-refractivity contribution >= 4 is 23.1 Å². The number of Topliss-reactive ketones (excluding diaryl/α,β-unsaturated/α-hetero) is 1. The topological polar surface area (TPSA) is 90.6 Å². The van der Waals surface area contributed by atoms with Gasteiger partial charge >= 0.3 is 0 Å². The fourth-order valence-corrected chi connectivity index (χ4v) is 4.01. The third-order valence-corrected chi connectivity index (χ3v) is 5.50. The summed E-state index contributed by atoms with van der Waals surface area (Å²) in [5.74, 6) is -1.23. The number of aliphatic hydroxyl groups is 1. The van der Waals surface area contributed by atoms with Crippen LogP contribution in [0.5, 0.6) is 5.75 Å². The molecule has 1 heterocycles. The lowest BCUT2D eigenvalue weighted by Gasteiger charge is -2.25. The fraction of sp³-hybridized carbons (Fsp3) is 0.148. The zero-order valence-electron chi connectivity index (χ0n) is 18.3. The Labute approximate surface area is 192 Å². The number of carbonyl (C=O) groups excluding carboxylic acids is 2. The molecule has 1 fully saturated rings. The maximum absolute atomic E-state index is 13.2. The van der Waals surface area contributed by atoms with Crippen molar-refractivity contribution in [2.24, 2.45) is 0 Å². The van der Waals surface area contributed by atoms with Crippen molar-refractivity contribution in [1.82, 2.24) is 0 Å². The van der Waals surface area contributed by atoms with Crippen molar-refractivity contribution in [1.29, 1.82) is 5.26 Å². The number of ether oxygens (including phenoxy) is 1. The van der Waals surface area contributed by atoms with Gasteiger partial charge in [0.1, 0.15) is 11.5 Å². The van der Waals surface area contributed by atoms with Gasteiger partial charge < -0.3 is 9.84 Å². The maximum atomic E-state index is 13.2. The quantitative estimate of drug-likeness (QED) is 0.348. The van der Waals surface area contributed by atoms with Gasteiger partial charge in [0.15, 0.2) is 0 Å². The lowest BCUT2D eigenvalue weighted by atomic mass is 9.94.